The van der Waals surface area contributed by atoms with Crippen LogP contribution in [0.15, 0.2) is 24.3 Å². The number of anilines is 1. The summed E-state index contributed by atoms with van der Waals surface area (Å²) in [4.78, 5) is 12.9. The zero-order chi connectivity index (χ0) is 11.4. The van der Waals surface area contributed by atoms with Gasteiger partial charge >= 0.3 is 0 Å². The van der Waals surface area contributed by atoms with Gasteiger partial charge in [0, 0.05) is 11.7 Å². The molecule has 4 heteroatoms. The lowest BCUT2D eigenvalue weighted by Gasteiger charge is -2.26. The normalized spacial score (nSPS) is 10.5. The number of aliphatic hydroxyl groups excluding tert-OH is 1. The Kier molecular flexibility index (Phi) is 3.80. The van der Waals surface area contributed by atoms with Gasteiger partial charge in [0.05, 0.1) is 0 Å². The van der Waals surface area contributed by atoms with Crippen LogP contribution >= 0.6 is 0 Å². The van der Waals surface area contributed by atoms with Gasteiger partial charge in [0.15, 0.2) is 0 Å². The maximum Gasteiger partial charge on any atom is 0.252 e. The van der Waals surface area contributed by atoms with Gasteiger partial charge in [0.2, 0.25) is 0 Å². The molecule has 0 unspecified atom stereocenters. The molecule has 0 spiro atoms. The zero-order valence-electron chi connectivity index (χ0n) is 8.77. The molecule has 1 N–H and O–H groups in total. The molecule has 1 aromatic carbocycles. The lowest BCUT2D eigenvalue weighted by Crippen LogP contribution is -2.38. The third-order valence-corrected chi connectivity index (χ3v) is 2.03. The van der Waals surface area contributed by atoms with Gasteiger partial charge in [-0.25, -0.2) is 4.39 Å². The summed E-state index contributed by atoms with van der Waals surface area (Å²) in [6.07, 6.45) is 0. The fourth-order valence-electron chi connectivity index (χ4n) is 1.41. The van der Waals surface area contributed by atoms with Crippen LogP contribution in [0.2, 0.25) is 0 Å². The van der Waals surface area contributed by atoms with Gasteiger partial charge in [-0.3, -0.25) is 4.79 Å². The number of hydrogen-bond donors (Lipinski definition) is 1. The van der Waals surface area contributed by atoms with Crippen LogP contribution < -0.4 is 4.90 Å². The summed E-state index contributed by atoms with van der Waals surface area (Å²) in [6.45, 7) is 3.11. The Balaban J connectivity index is 2.99. The van der Waals surface area contributed by atoms with Crippen LogP contribution in [0.1, 0.15) is 13.8 Å². The zero-order valence-corrected chi connectivity index (χ0v) is 8.77. The van der Waals surface area contributed by atoms with Crippen molar-refractivity contribution in [2.24, 2.45) is 0 Å². The van der Waals surface area contributed by atoms with Crippen molar-refractivity contribution in [2.75, 3.05) is 11.5 Å². The van der Waals surface area contributed by atoms with Crippen LogP contribution in [0.4, 0.5) is 10.1 Å². The lowest BCUT2D eigenvalue weighted by atomic mass is 10.2. The maximum atomic E-state index is 12.7. The lowest BCUT2D eigenvalue weighted by molar-refractivity contribution is -0.121. The maximum absolute atomic E-state index is 12.7. The summed E-state index contributed by atoms with van der Waals surface area (Å²) in [6, 6.07) is 5.53. The van der Waals surface area contributed by atoms with Gasteiger partial charge in [0.25, 0.3) is 5.91 Å². The van der Waals surface area contributed by atoms with Crippen molar-refractivity contribution in [3.63, 3.8) is 0 Å². The molecular weight excluding hydrogens is 197 g/mol. The first-order valence-corrected chi connectivity index (χ1v) is 4.74. The van der Waals surface area contributed by atoms with E-state index in [9.17, 15) is 9.18 Å². The highest BCUT2D eigenvalue weighted by molar-refractivity contribution is 5.94. The van der Waals surface area contributed by atoms with E-state index < -0.39 is 12.5 Å². The summed E-state index contributed by atoms with van der Waals surface area (Å²) >= 11 is 0. The number of benzene rings is 1. The number of halogens is 1. The van der Waals surface area contributed by atoms with E-state index in [1.54, 1.807) is 0 Å². The minimum absolute atomic E-state index is 0.0740. The molecule has 0 aliphatic carbocycles. The molecule has 0 heterocycles. The van der Waals surface area contributed by atoms with Gasteiger partial charge in [-0.05, 0) is 38.1 Å². The summed E-state index contributed by atoms with van der Waals surface area (Å²) in [5, 5.41) is 8.80. The molecular formula is C11H14FNO2. The van der Waals surface area contributed by atoms with E-state index in [-0.39, 0.29) is 11.9 Å². The minimum atomic E-state index is -0.546. The third kappa shape index (κ3) is 2.76. The number of aliphatic hydroxyl groups is 1. The topological polar surface area (TPSA) is 40.5 Å². The van der Waals surface area contributed by atoms with Gasteiger partial charge in [0.1, 0.15) is 12.4 Å². The summed E-state index contributed by atoms with van der Waals surface area (Å²) in [7, 11) is 0. The van der Waals surface area contributed by atoms with Gasteiger partial charge < -0.3 is 10.0 Å². The second kappa shape index (κ2) is 4.89. The van der Waals surface area contributed by atoms with Crippen molar-refractivity contribution in [3.05, 3.63) is 30.1 Å². The predicted octanol–water partition coefficient (Wildman–Crippen LogP) is 1.56. The van der Waals surface area contributed by atoms with Gasteiger partial charge in [-0.1, -0.05) is 0 Å². The molecule has 0 aliphatic rings. The number of rotatable bonds is 3. The van der Waals surface area contributed by atoms with E-state index in [1.165, 1.54) is 29.2 Å². The molecule has 3 nitrogen and oxygen atoms in total. The SMILES string of the molecule is CC(C)N(C(=O)CO)c1ccc(F)cc1. The standard InChI is InChI=1S/C11H14FNO2/c1-8(2)13(11(15)7-14)10-5-3-9(12)4-6-10/h3-6,8,14H,7H2,1-2H3. The molecule has 1 amide bonds. The Bertz CT molecular complexity index is 335. The number of amides is 1. The Labute approximate surface area is 88.1 Å². The van der Waals surface area contributed by atoms with Crippen LogP contribution in [0.3, 0.4) is 0 Å². The van der Waals surface area contributed by atoms with Crippen molar-refractivity contribution >= 4 is 11.6 Å². The first-order valence-electron chi connectivity index (χ1n) is 4.74. The molecule has 1 aromatic rings. The van der Waals surface area contributed by atoms with E-state index >= 15 is 0 Å². The van der Waals surface area contributed by atoms with Gasteiger partial charge in [-0.2, -0.15) is 0 Å². The Hall–Kier alpha value is -1.42. The average Bonchev–Trinajstić information content (AvgIpc) is 2.20. The second-order valence-electron chi connectivity index (χ2n) is 3.49. The first kappa shape index (κ1) is 11.7. The van der Waals surface area contributed by atoms with Crippen LogP contribution in [-0.4, -0.2) is 23.7 Å². The van der Waals surface area contributed by atoms with E-state index in [0.29, 0.717) is 5.69 Å². The van der Waals surface area contributed by atoms with Crippen LogP contribution in [0, 0.1) is 5.82 Å². The number of carbonyl (C=O) groups is 1. The fraction of sp³-hybridized carbons (Fsp3) is 0.364. The van der Waals surface area contributed by atoms with E-state index in [4.69, 9.17) is 5.11 Å². The van der Waals surface area contributed by atoms with Crippen LogP contribution in [0.5, 0.6) is 0 Å². The van der Waals surface area contributed by atoms with E-state index in [1.807, 2.05) is 13.8 Å². The molecule has 0 atom stereocenters. The molecule has 0 radical (unpaired) electrons. The molecule has 1 rings (SSSR count). The van der Waals surface area contributed by atoms with E-state index in [0.717, 1.165) is 0 Å². The highest BCUT2D eigenvalue weighted by Gasteiger charge is 2.17. The fourth-order valence-corrected chi connectivity index (χ4v) is 1.41. The monoisotopic (exact) mass is 211 g/mol. The smallest absolute Gasteiger partial charge is 0.252 e. The highest BCUT2D eigenvalue weighted by Crippen LogP contribution is 2.17. The summed E-state index contributed by atoms with van der Waals surface area (Å²) < 4.78 is 12.7. The van der Waals surface area contributed by atoms with Crippen molar-refractivity contribution in [2.45, 2.75) is 19.9 Å². The molecule has 0 bridgehead atoms. The predicted molar refractivity (Wildman–Crippen MR) is 56.1 cm³/mol. The van der Waals surface area contributed by atoms with Crippen molar-refractivity contribution in [1.29, 1.82) is 0 Å². The van der Waals surface area contributed by atoms with Gasteiger partial charge in [-0.15, -0.1) is 0 Å². The number of carbonyl (C=O) groups excluding carboxylic acids is 1. The molecule has 0 saturated heterocycles. The van der Waals surface area contributed by atoms with Crippen LogP contribution in [-0.2, 0) is 4.79 Å². The number of hydrogen-bond acceptors (Lipinski definition) is 2. The minimum Gasteiger partial charge on any atom is -0.387 e. The molecule has 0 aromatic heterocycles. The second-order valence-corrected chi connectivity index (χ2v) is 3.49. The number of nitrogens with zero attached hydrogens (tertiary/aromatic N) is 1. The molecule has 82 valence electrons. The molecule has 15 heavy (non-hydrogen) atoms. The highest BCUT2D eigenvalue weighted by atomic mass is 19.1. The molecule has 0 saturated carbocycles. The largest absolute Gasteiger partial charge is 0.387 e. The Morgan fingerprint density at radius 1 is 1.40 bits per heavy atom. The van der Waals surface area contributed by atoms with Crippen molar-refractivity contribution in [1.82, 2.24) is 0 Å². The van der Waals surface area contributed by atoms with Crippen molar-refractivity contribution in [3.8, 4) is 0 Å². The summed E-state index contributed by atoms with van der Waals surface area (Å²) in [5.41, 5.74) is 0.588. The Morgan fingerprint density at radius 2 is 1.93 bits per heavy atom. The van der Waals surface area contributed by atoms with Crippen molar-refractivity contribution < 1.29 is 14.3 Å². The molecule has 0 aliphatic heterocycles. The summed E-state index contributed by atoms with van der Waals surface area (Å²) in [5.74, 6) is -0.740. The molecule has 0 fully saturated rings. The average molecular weight is 211 g/mol. The van der Waals surface area contributed by atoms with E-state index in [2.05, 4.69) is 0 Å². The Morgan fingerprint density at radius 3 is 2.33 bits per heavy atom. The first-order chi connectivity index (χ1) is 7.06. The quantitative estimate of drug-likeness (QED) is 0.824. The third-order valence-electron chi connectivity index (χ3n) is 2.03. The van der Waals surface area contributed by atoms with Crippen LogP contribution in [0.25, 0.3) is 0 Å².